The van der Waals surface area contributed by atoms with E-state index in [2.05, 4.69) is 16.0 Å². The molecule has 7 fully saturated rings. The highest BCUT2D eigenvalue weighted by Gasteiger charge is 2.58. The lowest BCUT2D eigenvalue weighted by molar-refractivity contribution is -0.219. The Hall–Kier alpha value is -6.53. The molecule has 7 rings (SSSR count). The lowest BCUT2D eigenvalue weighted by Gasteiger charge is -2.46. The van der Waals surface area contributed by atoms with Crippen molar-refractivity contribution in [3.8, 4) is 0 Å². The minimum atomic E-state index is -5.26. The minimum Gasteiger partial charge on any atom is -0.343 e. The van der Waals surface area contributed by atoms with Gasteiger partial charge in [0.2, 0.25) is 65.0 Å². The summed E-state index contributed by atoms with van der Waals surface area (Å²) in [5.74, 6) is -20.8. The summed E-state index contributed by atoms with van der Waals surface area (Å²) in [6.07, 6.45) is -17.4. The molecule has 0 aromatic rings. The van der Waals surface area contributed by atoms with E-state index in [0.29, 0.717) is 43.4 Å². The number of nitrogens with one attached hydrogen (secondary N) is 3. The van der Waals surface area contributed by atoms with Gasteiger partial charge in [-0.1, -0.05) is 47.0 Å². The number of hydrogen-bond donors (Lipinski definition) is 3. The van der Waals surface area contributed by atoms with Crippen LogP contribution in [0.2, 0.25) is 0 Å². The molecule has 4 aliphatic carbocycles. The maximum atomic E-state index is 16.0. The van der Waals surface area contributed by atoms with E-state index in [1.165, 1.54) is 61.6 Å². The molecule has 0 bridgehead atoms. The van der Waals surface area contributed by atoms with Crippen LogP contribution in [0.15, 0.2) is 0 Å². The van der Waals surface area contributed by atoms with E-state index in [-0.39, 0.29) is 83.2 Å². The van der Waals surface area contributed by atoms with Gasteiger partial charge in [-0.25, -0.2) is 17.6 Å². The van der Waals surface area contributed by atoms with Crippen LogP contribution in [-0.2, 0) is 52.7 Å². The zero-order valence-corrected chi connectivity index (χ0v) is 60.9. The Kier molecular flexibility index (Phi) is 27.3. The van der Waals surface area contributed by atoms with Crippen LogP contribution in [0.4, 0.5) is 43.9 Å². The molecule has 3 aliphatic heterocycles. The largest absolute Gasteiger partial charge is 0.397 e. The first kappa shape index (κ1) is 82.8. The predicted molar refractivity (Wildman–Crippen MR) is 353 cm³/mol. The average Bonchev–Trinajstić information content (AvgIpc) is 1.32. The highest BCUT2D eigenvalue weighted by Crippen LogP contribution is 2.46. The van der Waals surface area contributed by atoms with E-state index in [9.17, 15) is 55.1 Å². The highest BCUT2D eigenvalue weighted by atomic mass is 19.4. The molecule has 4 saturated carbocycles. The molecule has 32 heteroatoms. The number of rotatable bonds is 11. The molecular weight excluding hydrogens is 1360 g/mol. The van der Waals surface area contributed by atoms with Crippen LogP contribution < -0.4 is 16.0 Å². The Morgan fingerprint density at radius 2 is 1.22 bits per heavy atom. The zero-order valence-electron chi connectivity index (χ0n) is 60.9. The number of likely N-dealkylation sites (N-methyl/N-ethyl adjacent to an activating group) is 6. The van der Waals surface area contributed by atoms with Crippen LogP contribution in [-0.4, -0.2) is 256 Å². The molecule has 0 radical (unpaired) electrons. The second kappa shape index (κ2) is 33.7. The normalized spacial score (nSPS) is 33.2. The lowest BCUT2D eigenvalue weighted by Crippen LogP contribution is -2.68. The zero-order chi connectivity index (χ0) is 76.2. The predicted octanol–water partition coefficient (Wildman–Crippen LogP) is 7.35. The molecular formula is C70H107F10N11O11. The van der Waals surface area contributed by atoms with Gasteiger partial charge in [0.15, 0.2) is 0 Å². The monoisotopic (exact) mass is 1470 g/mol. The van der Waals surface area contributed by atoms with Gasteiger partial charge in [0, 0.05) is 67.2 Å². The summed E-state index contributed by atoms with van der Waals surface area (Å²) >= 11 is 0. The number of amides is 11. The van der Waals surface area contributed by atoms with Gasteiger partial charge in [-0.3, -0.25) is 52.7 Å². The van der Waals surface area contributed by atoms with E-state index in [0.717, 1.165) is 21.7 Å². The Balaban J connectivity index is 1.28. The molecule has 1 spiro atoms. The number of halogens is 10. The van der Waals surface area contributed by atoms with Crippen LogP contribution in [0, 0.1) is 41.4 Å². The number of alkyl halides is 10. The average molecular weight is 1470 g/mol. The summed E-state index contributed by atoms with van der Waals surface area (Å²) in [6.45, 7) is 9.09. The van der Waals surface area contributed by atoms with Crippen LogP contribution in [0.3, 0.4) is 0 Å². The summed E-state index contributed by atoms with van der Waals surface area (Å²) < 4.78 is 146. The van der Waals surface area contributed by atoms with Crippen LogP contribution >= 0.6 is 0 Å². The van der Waals surface area contributed by atoms with Crippen molar-refractivity contribution in [1.29, 1.82) is 0 Å². The molecule has 3 N–H and O–H groups in total. The quantitative estimate of drug-likeness (QED) is 0.173. The van der Waals surface area contributed by atoms with Gasteiger partial charge < -0.3 is 55.1 Å². The number of fused-ring (bicyclic) bond motifs is 2. The van der Waals surface area contributed by atoms with E-state index in [1.54, 1.807) is 20.8 Å². The summed E-state index contributed by atoms with van der Waals surface area (Å²) in [5, 5.41) is 7.93. The van der Waals surface area contributed by atoms with Crippen molar-refractivity contribution >= 4 is 65.0 Å². The Labute approximate surface area is 591 Å². The smallest absolute Gasteiger partial charge is 0.343 e. The van der Waals surface area contributed by atoms with Crippen molar-refractivity contribution in [1.82, 2.24) is 55.1 Å². The maximum Gasteiger partial charge on any atom is 0.397 e. The van der Waals surface area contributed by atoms with Gasteiger partial charge in [0.05, 0.1) is 19.0 Å². The summed E-state index contributed by atoms with van der Waals surface area (Å²) in [6, 6.07) is -12.6. The summed E-state index contributed by atoms with van der Waals surface area (Å²) in [4.78, 5) is 172. The molecule has 3 heterocycles. The second-order valence-electron chi connectivity index (χ2n) is 30.8. The Morgan fingerprint density at radius 1 is 0.608 bits per heavy atom. The second-order valence-corrected chi connectivity index (χ2v) is 30.8. The lowest BCUT2D eigenvalue weighted by atomic mass is 9.74. The fourth-order valence-corrected chi connectivity index (χ4v) is 16.3. The molecule has 3 saturated heterocycles. The third-order valence-electron chi connectivity index (χ3n) is 23.3. The van der Waals surface area contributed by atoms with Gasteiger partial charge >= 0.3 is 12.4 Å². The number of carbonyl (C=O) groups is 11. The van der Waals surface area contributed by atoms with Crippen LogP contribution in [0.1, 0.15) is 183 Å². The van der Waals surface area contributed by atoms with Crippen molar-refractivity contribution in [2.45, 2.75) is 274 Å². The van der Waals surface area contributed by atoms with Gasteiger partial charge in [0.1, 0.15) is 72.1 Å². The molecule has 7 aliphatic rings. The van der Waals surface area contributed by atoms with Crippen molar-refractivity contribution in [3.05, 3.63) is 0 Å². The SMILES string of the molecule is CC[C@H](C)[C@@H]1NC(=O)[C@H](CC(C)C)N(C)C(=O)C[C@@H](C)N(C)C(=O)[C@H](C2CCCC2)N(C)C(=O)C2(CCC2)NC(=O)[C@@H]2CC(F)(F)CN2C(=O)[C@H](CCC2CC(F)C(C(F)(F)F)C(F)C2)NC(=O)CN(C)C(=O)[C@H](CC2CCC(C(F)(F)F)CC2)N(CC)C(=O)[C@@H]2CCN2C(=O)[C@H](C)N(C)C1=O. The van der Waals surface area contributed by atoms with Gasteiger partial charge in [-0.2, -0.15) is 26.3 Å². The van der Waals surface area contributed by atoms with E-state index < -0.39 is 236 Å². The van der Waals surface area contributed by atoms with Gasteiger partial charge in [0.25, 0.3) is 5.92 Å². The van der Waals surface area contributed by atoms with E-state index in [4.69, 9.17) is 0 Å². The van der Waals surface area contributed by atoms with Crippen molar-refractivity contribution in [3.63, 3.8) is 0 Å². The minimum absolute atomic E-state index is 0.00116. The number of carbonyl (C=O) groups excluding carboxylic acids is 11. The summed E-state index contributed by atoms with van der Waals surface area (Å²) in [7, 11) is 6.75. The molecule has 0 aromatic carbocycles. The first-order valence-electron chi connectivity index (χ1n) is 36.4. The first-order valence-corrected chi connectivity index (χ1v) is 36.4. The van der Waals surface area contributed by atoms with Gasteiger partial charge in [-0.15, -0.1) is 0 Å². The van der Waals surface area contributed by atoms with Gasteiger partial charge in [-0.05, 0) is 153 Å². The first-order chi connectivity index (χ1) is 47.5. The molecule has 12 atom stereocenters. The third kappa shape index (κ3) is 18.9. The molecule has 22 nitrogen and oxygen atoms in total. The fraction of sp³-hybridized carbons (Fsp3) is 0.843. The van der Waals surface area contributed by atoms with Crippen molar-refractivity contribution in [2.75, 3.05) is 61.4 Å². The third-order valence-corrected chi connectivity index (χ3v) is 23.3. The number of hydrogen-bond acceptors (Lipinski definition) is 11. The van der Waals surface area contributed by atoms with E-state index >= 15 is 41.5 Å². The van der Waals surface area contributed by atoms with E-state index in [1.807, 2.05) is 13.8 Å². The molecule has 578 valence electrons. The molecule has 2 unspecified atom stereocenters. The maximum absolute atomic E-state index is 16.0. The molecule has 0 aromatic heterocycles. The fourth-order valence-electron chi connectivity index (χ4n) is 16.3. The van der Waals surface area contributed by atoms with Crippen LogP contribution in [0.5, 0.6) is 0 Å². The van der Waals surface area contributed by atoms with Crippen LogP contribution in [0.25, 0.3) is 0 Å². The summed E-state index contributed by atoms with van der Waals surface area (Å²) in [5.41, 5.74) is -1.81. The highest BCUT2D eigenvalue weighted by molar-refractivity contribution is 6.00. The number of nitrogens with zero attached hydrogens (tertiary/aromatic N) is 8. The molecule has 11 amide bonds. The van der Waals surface area contributed by atoms with Crippen molar-refractivity contribution < 1.29 is 96.6 Å². The topological polar surface area (TPSA) is 250 Å². The van der Waals surface area contributed by atoms with Crippen molar-refractivity contribution in [2.24, 2.45) is 41.4 Å². The standard InChI is InChI=1S/C70H107F10N11O11/c1-13-39(5)56-64(100)86(10)41(7)60(96)90-29-26-49(90)63(99)89(14-2)51(34-42-20-23-45(24-21-42)69(75,76)77)62(98)84(8)36-53(92)81-48(25-22-43-32-46(71)55(47(72)33-43)70(78,79)80)61(97)91-37-68(73,74)35-52(91)59(95)83-67(27-17-28-67)66(102)88(12)57(44-18-15-16-19-44)65(101)85(9)40(6)31-54(93)87(11)50(30-38(3)4)58(94)82-56/h38-52,55-57H,13-37H2,1-12H3,(H,81,92)(H,82,94)(H,83,95)/t39-,40+,41-,42?,43?,45?,46?,47?,48-,49-,50-,51-,52-,55?,56-,57-/m0/s1. The Morgan fingerprint density at radius 3 is 1.74 bits per heavy atom. The Bertz CT molecular complexity index is 3030. The molecule has 102 heavy (non-hydrogen) atoms.